The van der Waals surface area contributed by atoms with E-state index in [0.29, 0.717) is 5.82 Å². The van der Waals surface area contributed by atoms with Crippen LogP contribution in [-0.2, 0) is 0 Å². The second-order valence-electron chi connectivity index (χ2n) is 12.6. The molecule has 0 atom stereocenters. The van der Waals surface area contributed by atoms with Crippen LogP contribution in [0.3, 0.4) is 0 Å². The van der Waals surface area contributed by atoms with Crippen LogP contribution in [0.25, 0.3) is 99.1 Å². The van der Waals surface area contributed by atoms with Crippen molar-refractivity contribution in [1.29, 1.82) is 0 Å². The maximum atomic E-state index is 5.19. The van der Waals surface area contributed by atoms with Crippen molar-refractivity contribution in [3.8, 4) is 28.3 Å². The molecule has 222 valence electrons. The van der Waals surface area contributed by atoms with Gasteiger partial charge in [0.15, 0.2) is 5.82 Å². The fourth-order valence-electron chi connectivity index (χ4n) is 8.05. The molecule has 4 heterocycles. The fourth-order valence-corrected chi connectivity index (χ4v) is 8.05. The maximum absolute atomic E-state index is 5.19. The molecule has 11 rings (SSSR count). The Balaban J connectivity index is 1.24. The van der Waals surface area contributed by atoms with E-state index in [1.54, 1.807) is 0 Å². The maximum Gasteiger partial charge on any atom is 0.160 e. The van der Waals surface area contributed by atoms with E-state index in [-0.39, 0.29) is 0 Å². The zero-order valence-corrected chi connectivity index (χ0v) is 25.8. The van der Waals surface area contributed by atoms with Gasteiger partial charge in [0.05, 0.1) is 38.8 Å². The summed E-state index contributed by atoms with van der Waals surface area (Å²) >= 11 is 0. The number of hydrogen-bond donors (Lipinski definition) is 0. The standard InChI is InChI=1S/C44H26N4/c1-2-12-27(13-3-1)42-34-18-4-7-20-35(34)45-44(46-42)28-14-10-15-29(26-28)47-38-23-11-19-32-30-16-5-8-21-36(30)48-37-22-9-6-17-31(37)33-24-25-39(47)41(40(32)38)43(33)48/h1-26H. The zero-order chi connectivity index (χ0) is 31.3. The number of benzene rings is 7. The zero-order valence-electron chi connectivity index (χ0n) is 25.8. The first kappa shape index (κ1) is 25.6. The molecule has 48 heavy (non-hydrogen) atoms. The monoisotopic (exact) mass is 610 g/mol. The van der Waals surface area contributed by atoms with Gasteiger partial charge < -0.3 is 8.97 Å². The van der Waals surface area contributed by atoms with Gasteiger partial charge in [0.1, 0.15) is 0 Å². The van der Waals surface area contributed by atoms with Crippen LogP contribution in [0.15, 0.2) is 158 Å². The van der Waals surface area contributed by atoms with Crippen molar-refractivity contribution < 1.29 is 0 Å². The van der Waals surface area contributed by atoms with Crippen molar-refractivity contribution >= 4 is 70.8 Å². The Morgan fingerprint density at radius 3 is 1.85 bits per heavy atom. The van der Waals surface area contributed by atoms with Crippen LogP contribution >= 0.6 is 0 Å². The summed E-state index contributed by atoms with van der Waals surface area (Å²) in [5.74, 6) is 0.716. The third kappa shape index (κ3) is 3.38. The highest BCUT2D eigenvalue weighted by atomic mass is 15.0. The summed E-state index contributed by atoms with van der Waals surface area (Å²) in [4.78, 5) is 10.3. The van der Waals surface area contributed by atoms with Crippen LogP contribution in [0.1, 0.15) is 0 Å². The third-order valence-corrected chi connectivity index (χ3v) is 10.0. The number of fused-ring (bicyclic) bond motifs is 7. The Bertz CT molecular complexity index is 3060. The van der Waals surface area contributed by atoms with E-state index in [1.807, 2.05) is 12.1 Å². The Morgan fingerprint density at radius 1 is 0.396 bits per heavy atom. The third-order valence-electron chi connectivity index (χ3n) is 10.0. The van der Waals surface area contributed by atoms with Crippen molar-refractivity contribution in [3.05, 3.63) is 158 Å². The van der Waals surface area contributed by atoms with Crippen molar-refractivity contribution in [2.45, 2.75) is 0 Å². The predicted molar refractivity (Wildman–Crippen MR) is 199 cm³/mol. The normalized spacial score (nSPS) is 12.2. The minimum atomic E-state index is 0.716. The summed E-state index contributed by atoms with van der Waals surface area (Å²) in [7, 11) is 0. The topological polar surface area (TPSA) is 35.1 Å². The van der Waals surface area contributed by atoms with Crippen LogP contribution in [0.4, 0.5) is 0 Å². The molecule has 0 fully saturated rings. The van der Waals surface area contributed by atoms with E-state index in [1.165, 1.54) is 59.9 Å². The van der Waals surface area contributed by atoms with E-state index in [9.17, 15) is 0 Å². The molecule has 0 aliphatic carbocycles. The van der Waals surface area contributed by atoms with Gasteiger partial charge in [-0.3, -0.25) is 0 Å². The minimum Gasteiger partial charge on any atom is -0.309 e. The quantitative estimate of drug-likeness (QED) is 0.199. The van der Waals surface area contributed by atoms with Gasteiger partial charge in [-0.05, 0) is 47.9 Å². The van der Waals surface area contributed by atoms with E-state index >= 15 is 0 Å². The van der Waals surface area contributed by atoms with E-state index in [4.69, 9.17) is 9.97 Å². The predicted octanol–water partition coefficient (Wildman–Crippen LogP) is 11.2. The average molecular weight is 611 g/mol. The Morgan fingerprint density at radius 2 is 1.02 bits per heavy atom. The fraction of sp³-hybridized carbons (Fsp3) is 0. The van der Waals surface area contributed by atoms with Crippen molar-refractivity contribution in [1.82, 2.24) is 18.9 Å². The highest BCUT2D eigenvalue weighted by Gasteiger charge is 2.23. The molecule has 0 N–H and O–H groups in total. The molecular weight excluding hydrogens is 585 g/mol. The second kappa shape index (κ2) is 9.50. The van der Waals surface area contributed by atoms with Gasteiger partial charge in [-0.2, -0.15) is 0 Å². The molecule has 4 aromatic heterocycles. The van der Waals surface area contributed by atoms with E-state index in [0.717, 1.165) is 33.4 Å². The molecule has 4 nitrogen and oxygen atoms in total. The highest BCUT2D eigenvalue weighted by Crippen LogP contribution is 2.45. The van der Waals surface area contributed by atoms with Crippen molar-refractivity contribution in [3.63, 3.8) is 0 Å². The SMILES string of the molecule is c1ccc(-c2nc(-c3cccc(-n4c5cccc6c7ccccc7n7c8ccccc8c8ccc4c(c65)c87)c3)nc3ccccc23)cc1. The first-order valence-electron chi connectivity index (χ1n) is 16.4. The van der Waals surface area contributed by atoms with Gasteiger partial charge in [-0.1, -0.05) is 115 Å². The number of rotatable bonds is 3. The van der Waals surface area contributed by atoms with Crippen molar-refractivity contribution in [2.75, 3.05) is 0 Å². The van der Waals surface area contributed by atoms with Gasteiger partial charge in [0, 0.05) is 49.1 Å². The lowest BCUT2D eigenvalue weighted by Gasteiger charge is -2.12. The molecule has 0 aliphatic rings. The minimum absolute atomic E-state index is 0.716. The largest absolute Gasteiger partial charge is 0.309 e. The van der Waals surface area contributed by atoms with Crippen LogP contribution in [-0.4, -0.2) is 18.9 Å². The molecule has 0 saturated carbocycles. The number of para-hydroxylation sites is 3. The first-order chi connectivity index (χ1) is 23.8. The van der Waals surface area contributed by atoms with Crippen LogP contribution < -0.4 is 0 Å². The van der Waals surface area contributed by atoms with Crippen LogP contribution in [0.5, 0.6) is 0 Å². The summed E-state index contributed by atoms with van der Waals surface area (Å²) in [5, 5.41) is 8.66. The molecule has 0 unspecified atom stereocenters. The van der Waals surface area contributed by atoms with Gasteiger partial charge in [0.2, 0.25) is 0 Å². The van der Waals surface area contributed by atoms with E-state index in [2.05, 4.69) is 155 Å². The summed E-state index contributed by atoms with van der Waals surface area (Å²) in [6.45, 7) is 0. The smallest absolute Gasteiger partial charge is 0.160 e. The molecule has 0 radical (unpaired) electrons. The second-order valence-corrected chi connectivity index (χ2v) is 12.6. The van der Waals surface area contributed by atoms with E-state index < -0.39 is 0 Å². The molecule has 0 saturated heterocycles. The average Bonchev–Trinajstić information content (AvgIpc) is 3.63. The molecule has 0 bridgehead atoms. The Kier molecular flexibility index (Phi) is 5.08. The summed E-state index contributed by atoms with van der Waals surface area (Å²) < 4.78 is 4.91. The highest BCUT2D eigenvalue weighted by molar-refractivity contribution is 6.33. The van der Waals surface area contributed by atoms with Gasteiger partial charge in [0.25, 0.3) is 0 Å². The van der Waals surface area contributed by atoms with Crippen LogP contribution in [0.2, 0.25) is 0 Å². The Hall–Kier alpha value is -6.52. The molecule has 0 spiro atoms. The lowest BCUT2D eigenvalue weighted by Crippen LogP contribution is -1.98. The molecular formula is C44H26N4. The number of aromatic nitrogens is 4. The summed E-state index contributed by atoms with van der Waals surface area (Å²) in [5.41, 5.74) is 11.1. The molecule has 0 aliphatic heterocycles. The lowest BCUT2D eigenvalue weighted by atomic mass is 10.0. The van der Waals surface area contributed by atoms with Crippen molar-refractivity contribution in [2.24, 2.45) is 0 Å². The first-order valence-corrected chi connectivity index (χ1v) is 16.4. The van der Waals surface area contributed by atoms with Gasteiger partial charge in [-0.15, -0.1) is 0 Å². The number of hydrogen-bond acceptors (Lipinski definition) is 2. The van der Waals surface area contributed by atoms with Gasteiger partial charge in [-0.25, -0.2) is 9.97 Å². The lowest BCUT2D eigenvalue weighted by molar-refractivity contribution is 1.17. The molecule has 4 heteroatoms. The Labute approximate surface area is 275 Å². The molecule has 11 aromatic rings. The van der Waals surface area contributed by atoms with Crippen LogP contribution in [0, 0.1) is 0 Å². The molecule has 0 amide bonds. The number of nitrogens with zero attached hydrogens (tertiary/aromatic N) is 4. The summed E-state index contributed by atoms with van der Waals surface area (Å²) in [6.07, 6.45) is 0. The van der Waals surface area contributed by atoms with Gasteiger partial charge >= 0.3 is 0 Å². The summed E-state index contributed by atoms with van der Waals surface area (Å²) in [6, 6.07) is 56.3. The molecule has 7 aromatic carbocycles.